The lowest BCUT2D eigenvalue weighted by atomic mass is 9.92. The van der Waals surface area contributed by atoms with E-state index in [9.17, 15) is 13.2 Å². The molecule has 2 heterocycles. The van der Waals surface area contributed by atoms with Crippen LogP contribution < -0.4 is 9.62 Å². The van der Waals surface area contributed by atoms with Gasteiger partial charge in [-0.15, -0.1) is 0 Å². The molecule has 0 aromatic heterocycles. The highest BCUT2D eigenvalue weighted by Gasteiger charge is 2.23. The van der Waals surface area contributed by atoms with Gasteiger partial charge in [0.2, 0.25) is 10.0 Å². The first-order valence-electron chi connectivity index (χ1n) is 9.96. The molecule has 1 N–H and O–H groups in total. The smallest absolute Gasteiger partial charge is 0.229 e. The second kappa shape index (κ2) is 7.99. The van der Waals surface area contributed by atoms with Crippen LogP contribution >= 0.6 is 0 Å². The van der Waals surface area contributed by atoms with Crippen LogP contribution in [-0.2, 0) is 10.0 Å². The number of aliphatic imine (C=N–C) groups is 1. The van der Waals surface area contributed by atoms with E-state index in [1.807, 2.05) is 42.5 Å². The van der Waals surface area contributed by atoms with Gasteiger partial charge in [-0.05, 0) is 25.0 Å². The third-order valence-electron chi connectivity index (χ3n) is 5.38. The molecule has 6 nitrogen and oxygen atoms in total. The SMILES string of the molecule is CS(=O)(=O)Nc1cc(C2=NCC(=O)c3ccccc32)ccc1N1CCCCCC1. The summed E-state index contributed by atoms with van der Waals surface area (Å²) in [6, 6.07) is 13.2. The number of rotatable bonds is 4. The number of anilines is 2. The number of carbonyl (C=O) groups is 1. The molecule has 2 aliphatic heterocycles. The standard InChI is InChI=1S/C22H25N3O3S/c1-29(27,28)24-19-14-16(10-11-20(19)25-12-6-2-3-7-13-25)22-18-9-5-4-8-17(18)21(26)15-23-22/h4-5,8-11,14,24H,2-3,6-7,12-13,15H2,1H3. The van der Waals surface area contributed by atoms with Crippen LogP contribution in [0.4, 0.5) is 11.4 Å². The van der Waals surface area contributed by atoms with E-state index in [4.69, 9.17) is 0 Å². The average Bonchev–Trinajstić information content (AvgIpc) is 2.97. The van der Waals surface area contributed by atoms with Crippen molar-refractivity contribution < 1.29 is 13.2 Å². The Labute approximate surface area is 171 Å². The largest absolute Gasteiger partial charge is 0.370 e. The zero-order chi connectivity index (χ0) is 20.4. The van der Waals surface area contributed by atoms with Crippen molar-refractivity contribution in [3.8, 4) is 0 Å². The summed E-state index contributed by atoms with van der Waals surface area (Å²) in [6.45, 7) is 1.93. The third-order valence-corrected chi connectivity index (χ3v) is 5.97. The highest BCUT2D eigenvalue weighted by Crippen LogP contribution is 2.32. The van der Waals surface area contributed by atoms with E-state index in [2.05, 4.69) is 14.6 Å². The molecule has 0 bridgehead atoms. The van der Waals surface area contributed by atoms with Gasteiger partial charge in [0.05, 0.1) is 23.3 Å². The predicted octanol–water partition coefficient (Wildman–Crippen LogP) is 3.47. The maximum atomic E-state index is 12.2. The van der Waals surface area contributed by atoms with Crippen LogP contribution in [0.3, 0.4) is 0 Å². The van der Waals surface area contributed by atoms with Crippen molar-refractivity contribution >= 4 is 32.9 Å². The number of fused-ring (bicyclic) bond motifs is 1. The zero-order valence-electron chi connectivity index (χ0n) is 16.5. The van der Waals surface area contributed by atoms with Crippen molar-refractivity contribution in [3.05, 3.63) is 59.2 Å². The summed E-state index contributed by atoms with van der Waals surface area (Å²) in [4.78, 5) is 19.0. The normalized spacial score (nSPS) is 17.3. The molecule has 29 heavy (non-hydrogen) atoms. The van der Waals surface area contributed by atoms with Crippen molar-refractivity contribution in [2.45, 2.75) is 25.7 Å². The van der Waals surface area contributed by atoms with Gasteiger partial charge < -0.3 is 4.90 Å². The number of sulfonamides is 1. The molecule has 0 saturated carbocycles. The molecule has 0 aliphatic carbocycles. The molecule has 0 radical (unpaired) electrons. The Hall–Kier alpha value is -2.67. The topological polar surface area (TPSA) is 78.8 Å². The lowest BCUT2D eigenvalue weighted by Gasteiger charge is -2.26. The molecule has 0 amide bonds. The second-order valence-electron chi connectivity index (χ2n) is 7.64. The van der Waals surface area contributed by atoms with Crippen molar-refractivity contribution in [1.82, 2.24) is 0 Å². The molecule has 152 valence electrons. The minimum Gasteiger partial charge on any atom is -0.370 e. The second-order valence-corrected chi connectivity index (χ2v) is 9.39. The Morgan fingerprint density at radius 3 is 2.34 bits per heavy atom. The number of nitrogens with one attached hydrogen (secondary N) is 1. The Balaban J connectivity index is 1.78. The van der Waals surface area contributed by atoms with E-state index < -0.39 is 10.0 Å². The Morgan fingerprint density at radius 2 is 1.66 bits per heavy atom. The molecular formula is C22H25N3O3S. The highest BCUT2D eigenvalue weighted by molar-refractivity contribution is 7.92. The van der Waals surface area contributed by atoms with Gasteiger partial charge in [0.1, 0.15) is 6.54 Å². The number of Topliss-reactive ketones (excluding diaryl/α,β-unsaturated/α-hetero) is 1. The Bertz CT molecular complexity index is 1070. The predicted molar refractivity (Wildman–Crippen MR) is 117 cm³/mol. The lowest BCUT2D eigenvalue weighted by Crippen LogP contribution is -2.26. The lowest BCUT2D eigenvalue weighted by molar-refractivity contribution is 0.1000. The van der Waals surface area contributed by atoms with Crippen LogP contribution in [0, 0.1) is 0 Å². The zero-order valence-corrected chi connectivity index (χ0v) is 17.3. The third kappa shape index (κ3) is 4.34. The molecule has 0 unspecified atom stereocenters. The molecule has 4 rings (SSSR count). The van der Waals surface area contributed by atoms with Gasteiger partial charge in [0.25, 0.3) is 0 Å². The molecule has 0 atom stereocenters. The van der Waals surface area contributed by atoms with E-state index in [1.165, 1.54) is 12.8 Å². The van der Waals surface area contributed by atoms with Gasteiger partial charge in [-0.1, -0.05) is 43.2 Å². The monoisotopic (exact) mass is 411 g/mol. The summed E-state index contributed by atoms with van der Waals surface area (Å²) in [7, 11) is -3.43. The van der Waals surface area contributed by atoms with E-state index in [1.54, 1.807) is 0 Å². The van der Waals surface area contributed by atoms with Crippen LogP contribution in [0.15, 0.2) is 47.5 Å². The molecule has 1 fully saturated rings. The summed E-state index contributed by atoms with van der Waals surface area (Å²) < 4.78 is 26.7. The number of hydrogen-bond acceptors (Lipinski definition) is 5. The highest BCUT2D eigenvalue weighted by atomic mass is 32.2. The fourth-order valence-corrected chi connectivity index (χ4v) is 4.62. The Kier molecular flexibility index (Phi) is 5.41. The molecular weight excluding hydrogens is 386 g/mol. The van der Waals surface area contributed by atoms with E-state index in [-0.39, 0.29) is 12.3 Å². The van der Waals surface area contributed by atoms with Crippen molar-refractivity contribution in [2.24, 2.45) is 4.99 Å². The fraction of sp³-hybridized carbons (Fsp3) is 0.364. The number of carbonyl (C=O) groups excluding carboxylic acids is 1. The van der Waals surface area contributed by atoms with Gasteiger partial charge in [0, 0.05) is 29.8 Å². The quantitative estimate of drug-likeness (QED) is 0.836. The van der Waals surface area contributed by atoms with Gasteiger partial charge in [-0.25, -0.2) is 8.42 Å². The Morgan fingerprint density at radius 1 is 0.966 bits per heavy atom. The van der Waals surface area contributed by atoms with Gasteiger partial charge in [-0.3, -0.25) is 14.5 Å². The van der Waals surface area contributed by atoms with Crippen molar-refractivity contribution in [2.75, 3.05) is 35.5 Å². The van der Waals surface area contributed by atoms with E-state index in [0.29, 0.717) is 11.3 Å². The number of hydrogen-bond donors (Lipinski definition) is 1. The number of benzene rings is 2. The van der Waals surface area contributed by atoms with Gasteiger partial charge >= 0.3 is 0 Å². The van der Waals surface area contributed by atoms with Crippen LogP contribution in [0.5, 0.6) is 0 Å². The first-order valence-corrected chi connectivity index (χ1v) is 11.9. The minimum atomic E-state index is -3.43. The van der Waals surface area contributed by atoms with Crippen LogP contribution in [0.2, 0.25) is 0 Å². The van der Waals surface area contributed by atoms with Crippen molar-refractivity contribution in [3.63, 3.8) is 0 Å². The summed E-state index contributed by atoms with van der Waals surface area (Å²) in [5, 5.41) is 0. The maximum Gasteiger partial charge on any atom is 0.229 e. The molecule has 0 spiro atoms. The van der Waals surface area contributed by atoms with Crippen LogP contribution in [-0.4, -0.2) is 45.8 Å². The minimum absolute atomic E-state index is 0.0000197. The fourth-order valence-electron chi connectivity index (χ4n) is 4.05. The first kappa shape index (κ1) is 19.6. The van der Waals surface area contributed by atoms with Gasteiger partial charge in [0.15, 0.2) is 5.78 Å². The molecule has 7 heteroatoms. The summed E-state index contributed by atoms with van der Waals surface area (Å²) in [5.74, 6) is 0.0000197. The average molecular weight is 412 g/mol. The van der Waals surface area contributed by atoms with Crippen LogP contribution in [0.1, 0.15) is 47.2 Å². The summed E-state index contributed by atoms with van der Waals surface area (Å²) >= 11 is 0. The molecule has 1 saturated heterocycles. The molecule has 2 aromatic carbocycles. The number of nitrogens with zero attached hydrogens (tertiary/aromatic N) is 2. The van der Waals surface area contributed by atoms with Gasteiger partial charge in [-0.2, -0.15) is 0 Å². The van der Waals surface area contributed by atoms with E-state index in [0.717, 1.165) is 54.7 Å². The summed E-state index contributed by atoms with van der Waals surface area (Å²) in [6.07, 6.45) is 5.76. The van der Waals surface area contributed by atoms with Crippen LogP contribution in [0.25, 0.3) is 0 Å². The van der Waals surface area contributed by atoms with E-state index >= 15 is 0 Å². The maximum absolute atomic E-state index is 12.2. The summed E-state index contributed by atoms with van der Waals surface area (Å²) in [5.41, 5.74) is 4.42. The first-order chi connectivity index (χ1) is 13.9. The number of ketones is 1. The molecule has 2 aliphatic rings. The van der Waals surface area contributed by atoms with Crippen molar-refractivity contribution in [1.29, 1.82) is 0 Å². The molecule has 2 aromatic rings.